The van der Waals surface area contributed by atoms with Gasteiger partial charge < -0.3 is 5.32 Å². The van der Waals surface area contributed by atoms with Gasteiger partial charge in [-0.3, -0.25) is 4.79 Å². The second kappa shape index (κ2) is 7.69. The Morgan fingerprint density at radius 3 is 2.59 bits per heavy atom. The first-order valence-electron chi connectivity index (χ1n) is 7.81. The molecule has 0 aliphatic carbocycles. The van der Waals surface area contributed by atoms with Crippen molar-refractivity contribution in [2.75, 3.05) is 5.32 Å². The van der Waals surface area contributed by atoms with Crippen LogP contribution in [0.2, 0.25) is 0 Å². The van der Waals surface area contributed by atoms with Crippen LogP contribution in [0.3, 0.4) is 0 Å². The lowest BCUT2D eigenvalue weighted by molar-refractivity contribution is -0.116. The number of carbonyl (C=O) groups excluding carboxylic acids is 1. The molecule has 0 bridgehead atoms. The van der Waals surface area contributed by atoms with Crippen LogP contribution >= 0.6 is 0 Å². The number of nitrogens with zero attached hydrogens (tertiary/aromatic N) is 2. The average molecular weight is 297 g/mol. The summed E-state index contributed by atoms with van der Waals surface area (Å²) in [6.45, 7) is 6.14. The Hall–Kier alpha value is -2.23. The summed E-state index contributed by atoms with van der Waals surface area (Å²) in [4.78, 5) is 21.1. The summed E-state index contributed by atoms with van der Waals surface area (Å²) in [7, 11) is 0. The van der Waals surface area contributed by atoms with Crippen molar-refractivity contribution in [1.82, 2.24) is 9.97 Å². The van der Waals surface area contributed by atoms with Gasteiger partial charge in [-0.2, -0.15) is 0 Å². The van der Waals surface area contributed by atoms with E-state index in [1.54, 1.807) is 6.20 Å². The number of aryl methyl sites for hydroxylation is 1. The molecule has 1 aromatic heterocycles. The van der Waals surface area contributed by atoms with Gasteiger partial charge in [0, 0.05) is 12.0 Å². The highest BCUT2D eigenvalue weighted by atomic mass is 16.1. The van der Waals surface area contributed by atoms with E-state index in [1.165, 1.54) is 0 Å². The molecule has 0 unspecified atom stereocenters. The third-order valence-corrected chi connectivity index (χ3v) is 3.25. The van der Waals surface area contributed by atoms with Crippen LogP contribution in [0.15, 0.2) is 36.5 Å². The number of aromatic nitrogens is 2. The molecule has 2 aromatic rings. The molecule has 0 fully saturated rings. The van der Waals surface area contributed by atoms with Crippen LogP contribution in [0.5, 0.6) is 0 Å². The number of carbonyl (C=O) groups is 1. The molecule has 0 spiro atoms. The van der Waals surface area contributed by atoms with Crippen LogP contribution in [0.4, 0.5) is 5.82 Å². The third kappa shape index (κ3) is 4.38. The Labute approximate surface area is 132 Å². The van der Waals surface area contributed by atoms with Gasteiger partial charge in [-0.05, 0) is 12.3 Å². The largest absolute Gasteiger partial charge is 0.309 e. The number of anilines is 1. The number of hydrogen-bond donors (Lipinski definition) is 1. The van der Waals surface area contributed by atoms with Gasteiger partial charge >= 0.3 is 0 Å². The van der Waals surface area contributed by atoms with Crippen LogP contribution in [0.1, 0.15) is 39.3 Å². The number of hydrogen-bond acceptors (Lipinski definition) is 3. The van der Waals surface area contributed by atoms with Crippen LogP contribution < -0.4 is 5.32 Å². The summed E-state index contributed by atoms with van der Waals surface area (Å²) in [6, 6.07) is 9.96. The molecule has 1 N–H and O–H groups in total. The Kier molecular flexibility index (Phi) is 5.64. The lowest BCUT2D eigenvalue weighted by atomic mass is 10.1. The number of amides is 1. The van der Waals surface area contributed by atoms with E-state index in [0.29, 0.717) is 18.2 Å². The SMILES string of the molecule is CCCc1nc(-c2ccccc2)cnc1NC(=O)CC(C)C. The summed E-state index contributed by atoms with van der Waals surface area (Å²) in [5.41, 5.74) is 2.72. The topological polar surface area (TPSA) is 54.9 Å². The first-order valence-corrected chi connectivity index (χ1v) is 7.81. The highest BCUT2D eigenvalue weighted by molar-refractivity contribution is 5.90. The molecule has 1 heterocycles. The number of nitrogens with one attached hydrogen (secondary N) is 1. The average Bonchev–Trinajstić information content (AvgIpc) is 2.49. The molecule has 2 rings (SSSR count). The van der Waals surface area contributed by atoms with Crippen LogP contribution in [0.25, 0.3) is 11.3 Å². The molecule has 22 heavy (non-hydrogen) atoms. The fraction of sp³-hybridized carbons (Fsp3) is 0.389. The van der Waals surface area contributed by atoms with Gasteiger partial charge in [0.15, 0.2) is 5.82 Å². The maximum Gasteiger partial charge on any atom is 0.225 e. The van der Waals surface area contributed by atoms with E-state index < -0.39 is 0 Å². The molecule has 0 aliphatic heterocycles. The first-order chi connectivity index (χ1) is 10.6. The molecule has 1 aromatic carbocycles. The van der Waals surface area contributed by atoms with Gasteiger partial charge in [0.2, 0.25) is 5.91 Å². The zero-order valence-electron chi connectivity index (χ0n) is 13.5. The van der Waals surface area contributed by atoms with E-state index in [2.05, 4.69) is 22.2 Å². The minimum absolute atomic E-state index is 0.00545. The second-order valence-electron chi connectivity index (χ2n) is 5.81. The lowest BCUT2D eigenvalue weighted by Crippen LogP contribution is -2.17. The fourth-order valence-electron chi connectivity index (χ4n) is 2.24. The van der Waals surface area contributed by atoms with Crippen molar-refractivity contribution < 1.29 is 4.79 Å². The zero-order chi connectivity index (χ0) is 15.9. The first kappa shape index (κ1) is 16.1. The number of rotatable bonds is 6. The predicted molar refractivity (Wildman–Crippen MR) is 89.5 cm³/mol. The maximum absolute atomic E-state index is 12.0. The Balaban J connectivity index is 2.25. The van der Waals surface area contributed by atoms with Gasteiger partial charge in [0.1, 0.15) is 0 Å². The Bertz CT molecular complexity index is 623. The van der Waals surface area contributed by atoms with Gasteiger partial charge in [-0.25, -0.2) is 9.97 Å². The highest BCUT2D eigenvalue weighted by Gasteiger charge is 2.12. The fourth-order valence-corrected chi connectivity index (χ4v) is 2.24. The van der Waals surface area contributed by atoms with E-state index in [9.17, 15) is 4.79 Å². The molecule has 0 aliphatic rings. The molecule has 1 amide bonds. The lowest BCUT2D eigenvalue weighted by Gasteiger charge is -2.11. The highest BCUT2D eigenvalue weighted by Crippen LogP contribution is 2.20. The molecule has 4 nitrogen and oxygen atoms in total. The van der Waals surface area contributed by atoms with Crippen LogP contribution in [-0.4, -0.2) is 15.9 Å². The van der Waals surface area contributed by atoms with E-state index in [-0.39, 0.29) is 5.91 Å². The molecule has 0 saturated carbocycles. The quantitative estimate of drug-likeness (QED) is 0.874. The predicted octanol–water partition coefficient (Wildman–Crippen LogP) is 4.08. The third-order valence-electron chi connectivity index (χ3n) is 3.25. The summed E-state index contributed by atoms with van der Waals surface area (Å²) in [6.07, 6.45) is 3.97. The summed E-state index contributed by atoms with van der Waals surface area (Å²) < 4.78 is 0. The molecule has 0 radical (unpaired) electrons. The van der Waals surface area contributed by atoms with E-state index in [1.807, 2.05) is 44.2 Å². The maximum atomic E-state index is 12.0. The standard InChI is InChI=1S/C18H23N3O/c1-4-8-15-18(21-17(22)11-13(2)3)19-12-16(20-15)14-9-6-5-7-10-14/h5-7,9-10,12-13H,4,8,11H2,1-3H3,(H,19,21,22). The van der Waals surface area contributed by atoms with Crippen molar-refractivity contribution in [2.45, 2.75) is 40.0 Å². The van der Waals surface area contributed by atoms with Gasteiger partial charge in [0.05, 0.1) is 17.6 Å². The van der Waals surface area contributed by atoms with Crippen molar-refractivity contribution in [3.05, 3.63) is 42.2 Å². The molecule has 4 heteroatoms. The summed E-state index contributed by atoms with van der Waals surface area (Å²) in [5, 5.41) is 2.89. The van der Waals surface area contributed by atoms with Gasteiger partial charge in [-0.1, -0.05) is 57.5 Å². The second-order valence-corrected chi connectivity index (χ2v) is 5.81. The van der Waals surface area contributed by atoms with Crippen molar-refractivity contribution in [3.63, 3.8) is 0 Å². The summed E-state index contributed by atoms with van der Waals surface area (Å²) >= 11 is 0. The normalized spacial score (nSPS) is 10.7. The summed E-state index contributed by atoms with van der Waals surface area (Å²) in [5.74, 6) is 0.910. The smallest absolute Gasteiger partial charge is 0.225 e. The molecule has 0 saturated heterocycles. The molecule has 0 atom stereocenters. The van der Waals surface area contributed by atoms with Crippen molar-refractivity contribution in [1.29, 1.82) is 0 Å². The van der Waals surface area contributed by atoms with Crippen LogP contribution in [0, 0.1) is 5.92 Å². The molecular formula is C18H23N3O. The van der Waals surface area contributed by atoms with Crippen molar-refractivity contribution in [2.24, 2.45) is 5.92 Å². The minimum Gasteiger partial charge on any atom is -0.309 e. The zero-order valence-corrected chi connectivity index (χ0v) is 13.5. The van der Waals surface area contributed by atoms with E-state index in [0.717, 1.165) is 29.8 Å². The van der Waals surface area contributed by atoms with Crippen LogP contribution in [-0.2, 0) is 11.2 Å². The van der Waals surface area contributed by atoms with Gasteiger partial charge in [0.25, 0.3) is 0 Å². The number of benzene rings is 1. The van der Waals surface area contributed by atoms with Crippen molar-refractivity contribution >= 4 is 11.7 Å². The van der Waals surface area contributed by atoms with E-state index >= 15 is 0 Å². The van der Waals surface area contributed by atoms with Crippen molar-refractivity contribution in [3.8, 4) is 11.3 Å². The monoisotopic (exact) mass is 297 g/mol. The van der Waals surface area contributed by atoms with E-state index in [4.69, 9.17) is 0 Å². The Morgan fingerprint density at radius 2 is 1.95 bits per heavy atom. The Morgan fingerprint density at radius 1 is 1.23 bits per heavy atom. The molecule has 116 valence electrons. The minimum atomic E-state index is -0.00545. The van der Waals surface area contributed by atoms with Gasteiger partial charge in [-0.15, -0.1) is 0 Å². The molecular weight excluding hydrogens is 274 g/mol.